The number of aromatic nitrogens is 3. The Hall–Kier alpha value is -3.13. The molecule has 2 fully saturated rings. The molecule has 222 valence electrons. The predicted octanol–water partition coefficient (Wildman–Crippen LogP) is 2.68. The van der Waals surface area contributed by atoms with Crippen molar-refractivity contribution in [1.29, 1.82) is 0 Å². The van der Waals surface area contributed by atoms with Gasteiger partial charge in [0.05, 0.1) is 28.8 Å². The van der Waals surface area contributed by atoms with Gasteiger partial charge in [-0.05, 0) is 58.9 Å². The first-order chi connectivity index (χ1) is 19.4. The summed E-state index contributed by atoms with van der Waals surface area (Å²) < 4.78 is 51.8. The van der Waals surface area contributed by atoms with Crippen molar-refractivity contribution in [2.45, 2.75) is 39.7 Å². The average Bonchev–Trinajstić information content (AvgIpc) is 3.24. The Morgan fingerprint density at radius 2 is 1.90 bits per heavy atom. The molecular formula is C28H37FN6O5S. The van der Waals surface area contributed by atoms with Crippen LogP contribution >= 0.6 is 0 Å². The van der Waals surface area contributed by atoms with Crippen LogP contribution in [0.3, 0.4) is 0 Å². The first-order valence-corrected chi connectivity index (χ1v) is 15.5. The SMILES string of the molecule is CNC[C@H](O)COc1ccc(F)c(-c2nc(-c3c(C)noc3C)c(C)c(N3CCC4(CC3)CN(S(C)(=O)=O)C4)n2)c1. The van der Waals surface area contributed by atoms with Gasteiger partial charge < -0.3 is 24.6 Å². The fourth-order valence-corrected chi connectivity index (χ4v) is 6.71. The summed E-state index contributed by atoms with van der Waals surface area (Å²) in [4.78, 5) is 11.9. The number of benzene rings is 1. The number of hydrogen-bond donors (Lipinski definition) is 2. The second-order valence-electron chi connectivity index (χ2n) is 11.2. The van der Waals surface area contributed by atoms with Crippen LogP contribution in [-0.4, -0.2) is 91.7 Å². The standard InChI is InChI=1S/C28H37FN6O5S/c1-17-25(24-18(2)33-40-19(24)3)31-26(22-12-21(6-7-23(22)29)39-14-20(36)13-30-4)32-27(17)34-10-8-28(9-11-34)15-35(16-28)41(5,37)38/h6-7,12,20,30,36H,8-11,13-16H2,1-5H3/t20-/m0/s1. The largest absolute Gasteiger partial charge is 0.491 e. The summed E-state index contributed by atoms with van der Waals surface area (Å²) in [6.07, 6.45) is 2.18. The molecule has 41 heavy (non-hydrogen) atoms. The lowest BCUT2D eigenvalue weighted by Gasteiger charge is -2.53. The van der Waals surface area contributed by atoms with E-state index in [9.17, 15) is 13.5 Å². The molecular weight excluding hydrogens is 551 g/mol. The summed E-state index contributed by atoms with van der Waals surface area (Å²) in [6.45, 7) is 8.46. The van der Waals surface area contributed by atoms with Gasteiger partial charge in [-0.25, -0.2) is 27.1 Å². The normalized spacial score (nSPS) is 18.0. The van der Waals surface area contributed by atoms with Gasteiger partial charge in [-0.3, -0.25) is 0 Å². The Bertz CT molecular complexity index is 1510. The molecule has 2 aromatic heterocycles. The Kier molecular flexibility index (Phi) is 8.07. The predicted molar refractivity (Wildman–Crippen MR) is 153 cm³/mol. The van der Waals surface area contributed by atoms with Gasteiger partial charge in [-0.2, -0.15) is 0 Å². The summed E-state index contributed by atoms with van der Waals surface area (Å²) in [5, 5.41) is 17.0. The second kappa shape index (κ2) is 11.3. The second-order valence-corrected chi connectivity index (χ2v) is 13.2. The number of sulfonamides is 1. The van der Waals surface area contributed by atoms with Crippen LogP contribution in [0.15, 0.2) is 22.7 Å². The summed E-state index contributed by atoms with van der Waals surface area (Å²) in [5.74, 6) is 1.38. The van der Waals surface area contributed by atoms with Gasteiger partial charge in [-0.15, -0.1) is 0 Å². The first kappa shape index (κ1) is 29.4. The Labute approximate surface area is 239 Å². The van der Waals surface area contributed by atoms with Gasteiger partial charge in [0.15, 0.2) is 5.82 Å². The maximum absolute atomic E-state index is 15.3. The van der Waals surface area contributed by atoms with Crippen LogP contribution in [0.4, 0.5) is 10.2 Å². The van der Waals surface area contributed by atoms with E-state index >= 15 is 4.39 Å². The molecule has 2 saturated heterocycles. The van der Waals surface area contributed by atoms with Crippen molar-refractivity contribution in [3.63, 3.8) is 0 Å². The fraction of sp³-hybridized carbons (Fsp3) is 0.536. The van der Waals surface area contributed by atoms with E-state index in [-0.39, 0.29) is 23.4 Å². The number of hydrogen-bond acceptors (Lipinski definition) is 10. The lowest BCUT2D eigenvalue weighted by Crippen LogP contribution is -2.61. The molecule has 3 aromatic rings. The van der Waals surface area contributed by atoms with E-state index in [1.807, 2.05) is 20.8 Å². The molecule has 5 rings (SSSR count). The molecule has 2 aliphatic heterocycles. The van der Waals surface area contributed by atoms with Crippen molar-refractivity contribution in [2.24, 2.45) is 5.41 Å². The number of aryl methyl sites for hydroxylation is 2. The van der Waals surface area contributed by atoms with E-state index in [0.29, 0.717) is 61.4 Å². The van der Waals surface area contributed by atoms with Crippen LogP contribution in [0.2, 0.25) is 0 Å². The van der Waals surface area contributed by atoms with Crippen molar-refractivity contribution in [1.82, 2.24) is 24.7 Å². The molecule has 0 radical (unpaired) electrons. The van der Waals surface area contributed by atoms with Gasteiger partial charge in [0.25, 0.3) is 0 Å². The molecule has 2 N–H and O–H groups in total. The van der Waals surface area contributed by atoms with Crippen LogP contribution in [0.5, 0.6) is 5.75 Å². The lowest BCUT2D eigenvalue weighted by molar-refractivity contribution is 0.0441. The quantitative estimate of drug-likeness (QED) is 0.384. The minimum atomic E-state index is -3.19. The Morgan fingerprint density at radius 1 is 1.20 bits per heavy atom. The van der Waals surface area contributed by atoms with Gasteiger partial charge in [0.1, 0.15) is 35.9 Å². The van der Waals surface area contributed by atoms with Gasteiger partial charge in [0, 0.05) is 43.7 Å². The molecule has 0 unspecified atom stereocenters. The highest BCUT2D eigenvalue weighted by atomic mass is 32.2. The van der Waals surface area contributed by atoms with Crippen molar-refractivity contribution in [2.75, 3.05) is 57.5 Å². The number of anilines is 1. The van der Waals surface area contributed by atoms with Gasteiger partial charge in [-0.1, -0.05) is 5.16 Å². The van der Waals surface area contributed by atoms with E-state index < -0.39 is 21.9 Å². The van der Waals surface area contributed by atoms with E-state index in [4.69, 9.17) is 19.2 Å². The Morgan fingerprint density at radius 3 is 2.51 bits per heavy atom. The zero-order valence-corrected chi connectivity index (χ0v) is 24.9. The van der Waals surface area contributed by atoms with Gasteiger partial charge >= 0.3 is 0 Å². The third-order valence-electron chi connectivity index (χ3n) is 8.07. The summed E-state index contributed by atoms with van der Waals surface area (Å²) in [7, 11) is -1.45. The maximum Gasteiger partial charge on any atom is 0.211 e. The van der Waals surface area contributed by atoms with Crippen LogP contribution < -0.4 is 15.0 Å². The van der Waals surface area contributed by atoms with Crippen molar-refractivity contribution in [3.8, 4) is 28.4 Å². The lowest BCUT2D eigenvalue weighted by atomic mass is 9.73. The number of ether oxygens (including phenoxy) is 1. The number of likely N-dealkylation sites (N-methyl/N-ethyl adjacent to an activating group) is 1. The molecule has 4 heterocycles. The zero-order chi connectivity index (χ0) is 29.5. The molecule has 0 aliphatic carbocycles. The molecule has 2 aliphatic rings. The number of rotatable bonds is 9. The molecule has 0 bridgehead atoms. The minimum Gasteiger partial charge on any atom is -0.491 e. The van der Waals surface area contributed by atoms with Crippen LogP contribution in [0.25, 0.3) is 22.6 Å². The maximum atomic E-state index is 15.3. The average molecular weight is 589 g/mol. The molecule has 1 aromatic carbocycles. The van der Waals surface area contributed by atoms with Crippen LogP contribution in [0, 0.1) is 32.0 Å². The highest BCUT2D eigenvalue weighted by molar-refractivity contribution is 7.88. The number of nitrogens with one attached hydrogen (secondary N) is 1. The highest BCUT2D eigenvalue weighted by Gasteiger charge is 2.48. The summed E-state index contributed by atoms with van der Waals surface area (Å²) in [5.41, 5.74) is 3.01. The monoisotopic (exact) mass is 588 g/mol. The van der Waals surface area contributed by atoms with Crippen LogP contribution in [0.1, 0.15) is 29.9 Å². The van der Waals surface area contributed by atoms with Gasteiger partial charge in [0.2, 0.25) is 10.0 Å². The number of piperidine rings is 1. The number of aliphatic hydroxyl groups is 1. The highest BCUT2D eigenvalue weighted by Crippen LogP contribution is 2.43. The molecule has 0 amide bonds. The molecule has 0 saturated carbocycles. The Balaban J connectivity index is 1.49. The number of halogens is 1. The fourth-order valence-electron chi connectivity index (χ4n) is 5.70. The van der Waals surface area contributed by atoms with E-state index in [0.717, 1.165) is 24.0 Å². The first-order valence-electron chi connectivity index (χ1n) is 13.7. The third-order valence-corrected chi connectivity index (χ3v) is 9.26. The topological polar surface area (TPSA) is 134 Å². The molecule has 1 atom stereocenters. The molecule has 1 spiro atoms. The van der Waals surface area contributed by atoms with E-state index in [1.165, 1.54) is 22.7 Å². The molecule has 13 heteroatoms. The van der Waals surface area contributed by atoms with E-state index in [1.54, 1.807) is 13.1 Å². The van der Waals surface area contributed by atoms with Crippen LogP contribution in [-0.2, 0) is 10.0 Å². The summed E-state index contributed by atoms with van der Waals surface area (Å²) in [6, 6.07) is 4.37. The minimum absolute atomic E-state index is 0.0243. The zero-order valence-electron chi connectivity index (χ0n) is 24.1. The molecule has 11 nitrogen and oxygen atoms in total. The smallest absolute Gasteiger partial charge is 0.211 e. The summed E-state index contributed by atoms with van der Waals surface area (Å²) >= 11 is 0. The number of nitrogens with zero attached hydrogens (tertiary/aromatic N) is 5. The third kappa shape index (κ3) is 5.94. The van der Waals surface area contributed by atoms with Crippen molar-refractivity contribution in [3.05, 3.63) is 41.0 Å². The van der Waals surface area contributed by atoms with Crippen molar-refractivity contribution < 1.29 is 27.2 Å². The number of aliphatic hydroxyl groups excluding tert-OH is 1. The van der Waals surface area contributed by atoms with Crippen molar-refractivity contribution >= 4 is 15.8 Å². The van der Waals surface area contributed by atoms with E-state index in [2.05, 4.69) is 15.4 Å².